The predicted octanol–water partition coefficient (Wildman–Crippen LogP) is 3.68. The van der Waals surface area contributed by atoms with Crippen molar-refractivity contribution in [3.63, 3.8) is 0 Å². The van der Waals surface area contributed by atoms with Gasteiger partial charge in [-0.05, 0) is 51.4 Å². The van der Waals surface area contributed by atoms with Gasteiger partial charge in [-0.3, -0.25) is 4.99 Å². The molecule has 25 heavy (non-hydrogen) atoms. The third-order valence-corrected chi connectivity index (χ3v) is 5.31. The topological polar surface area (TPSA) is 39.7 Å². The van der Waals surface area contributed by atoms with Gasteiger partial charge in [-0.25, -0.2) is 0 Å². The van der Waals surface area contributed by atoms with Crippen LogP contribution in [0.25, 0.3) is 0 Å². The maximum atomic E-state index is 4.77. The molecule has 1 aromatic rings. The lowest BCUT2D eigenvalue weighted by atomic mass is 9.99. The molecule has 2 N–H and O–H groups in total. The van der Waals surface area contributed by atoms with E-state index in [1.807, 2.05) is 11.8 Å². The number of hydrogen-bond acceptors (Lipinski definition) is 3. The number of nitrogens with zero attached hydrogens (tertiary/aromatic N) is 2. The fourth-order valence-corrected chi connectivity index (χ4v) is 3.94. The molecule has 142 valence electrons. The van der Waals surface area contributed by atoms with Crippen LogP contribution in [0, 0.1) is 5.92 Å². The summed E-state index contributed by atoms with van der Waals surface area (Å²) >= 11 is 1.88. The lowest BCUT2D eigenvalue weighted by Gasteiger charge is -2.30. The lowest BCUT2D eigenvalue weighted by Crippen LogP contribution is -2.43. The second kappa shape index (κ2) is 12.8. The Labute approximate surface area is 174 Å². The Morgan fingerprint density at radius 2 is 2.08 bits per heavy atom. The summed E-state index contributed by atoms with van der Waals surface area (Å²) in [6, 6.07) is 10.6. The molecule has 0 aliphatic carbocycles. The first kappa shape index (κ1) is 22.6. The van der Waals surface area contributed by atoms with Crippen LogP contribution in [-0.2, 0) is 0 Å². The third-order valence-electron chi connectivity index (χ3n) is 4.21. The van der Waals surface area contributed by atoms with E-state index in [9.17, 15) is 0 Å². The van der Waals surface area contributed by atoms with Gasteiger partial charge < -0.3 is 15.5 Å². The molecule has 0 aromatic heterocycles. The number of aliphatic imine (C=N–C) groups is 1. The zero-order valence-electron chi connectivity index (χ0n) is 15.7. The molecule has 1 aliphatic rings. The van der Waals surface area contributed by atoms with Gasteiger partial charge in [0.1, 0.15) is 0 Å². The summed E-state index contributed by atoms with van der Waals surface area (Å²) in [5.74, 6) is 1.68. The number of nitrogens with one attached hydrogen (secondary N) is 2. The second-order valence-electron chi connectivity index (χ2n) is 6.61. The van der Waals surface area contributed by atoms with Gasteiger partial charge in [-0.2, -0.15) is 0 Å². The van der Waals surface area contributed by atoms with E-state index in [0.717, 1.165) is 31.5 Å². The fourth-order valence-electron chi connectivity index (χ4n) is 3.01. The highest BCUT2D eigenvalue weighted by Crippen LogP contribution is 2.22. The Morgan fingerprint density at radius 1 is 1.32 bits per heavy atom. The molecule has 0 spiro atoms. The summed E-state index contributed by atoms with van der Waals surface area (Å²) < 4.78 is 0. The maximum Gasteiger partial charge on any atom is 0.191 e. The number of hydrogen-bond donors (Lipinski definition) is 2. The first-order valence-corrected chi connectivity index (χ1v) is 9.97. The van der Waals surface area contributed by atoms with Crippen LogP contribution in [-0.4, -0.2) is 55.9 Å². The number of piperidine rings is 1. The lowest BCUT2D eigenvalue weighted by molar-refractivity contribution is 0.210. The number of halogens is 1. The Kier molecular flexibility index (Phi) is 11.6. The van der Waals surface area contributed by atoms with Crippen LogP contribution in [0.15, 0.2) is 40.2 Å². The summed E-state index contributed by atoms with van der Waals surface area (Å²) in [4.78, 5) is 8.51. The molecular formula is C19H33IN4S. The monoisotopic (exact) mass is 476 g/mol. The van der Waals surface area contributed by atoms with Crippen LogP contribution in [0.1, 0.15) is 26.7 Å². The van der Waals surface area contributed by atoms with Gasteiger partial charge in [0.2, 0.25) is 0 Å². The Hall–Kier alpha value is -0.470. The van der Waals surface area contributed by atoms with Gasteiger partial charge in [0.15, 0.2) is 5.96 Å². The average molecular weight is 476 g/mol. The first-order chi connectivity index (χ1) is 11.7. The molecule has 2 unspecified atom stereocenters. The molecule has 1 aromatic carbocycles. The Bertz CT molecular complexity index is 497. The highest BCUT2D eigenvalue weighted by molar-refractivity contribution is 14.0. The van der Waals surface area contributed by atoms with E-state index in [-0.39, 0.29) is 24.0 Å². The van der Waals surface area contributed by atoms with Crippen molar-refractivity contribution in [2.75, 3.05) is 39.8 Å². The van der Waals surface area contributed by atoms with Crippen molar-refractivity contribution >= 4 is 41.7 Å². The van der Waals surface area contributed by atoms with Crippen LogP contribution in [0.3, 0.4) is 0 Å². The van der Waals surface area contributed by atoms with Gasteiger partial charge in [0, 0.05) is 29.8 Å². The van der Waals surface area contributed by atoms with Crippen molar-refractivity contribution in [3.8, 4) is 0 Å². The maximum absolute atomic E-state index is 4.77. The van der Waals surface area contributed by atoms with Crippen LogP contribution < -0.4 is 10.6 Å². The molecule has 1 fully saturated rings. The average Bonchev–Trinajstić information content (AvgIpc) is 2.58. The van der Waals surface area contributed by atoms with Crippen LogP contribution in [0.4, 0.5) is 0 Å². The minimum absolute atomic E-state index is 0. The van der Waals surface area contributed by atoms with Crippen molar-refractivity contribution < 1.29 is 0 Å². The highest BCUT2D eigenvalue weighted by atomic mass is 127. The fraction of sp³-hybridized carbons (Fsp3) is 0.632. The molecule has 0 radical (unpaired) electrons. The number of thioether (sulfide) groups is 1. The molecular weight excluding hydrogens is 443 g/mol. The summed E-state index contributed by atoms with van der Waals surface area (Å²) in [7, 11) is 2.22. The Balaban J connectivity index is 0.00000312. The molecule has 0 bridgehead atoms. The molecule has 2 atom stereocenters. The van der Waals surface area contributed by atoms with Crippen molar-refractivity contribution in [2.24, 2.45) is 10.9 Å². The normalized spacial score (nSPS) is 19.8. The molecule has 1 saturated heterocycles. The SMILES string of the molecule is CCNC(=NCC(C)Sc1ccccc1)NCC1CCCN(C)C1.I. The molecule has 4 nitrogen and oxygen atoms in total. The minimum Gasteiger partial charge on any atom is -0.357 e. The standard InChI is InChI=1S/C19H32N4S.HI/c1-4-20-19(22-14-17-9-8-12-23(3)15-17)21-13-16(2)24-18-10-6-5-7-11-18;/h5-7,10-11,16-17H,4,8-9,12-15H2,1-3H3,(H2,20,21,22);1H. The van der Waals surface area contributed by atoms with E-state index in [1.165, 1.54) is 30.8 Å². The highest BCUT2D eigenvalue weighted by Gasteiger charge is 2.17. The van der Waals surface area contributed by atoms with E-state index >= 15 is 0 Å². The first-order valence-electron chi connectivity index (χ1n) is 9.09. The zero-order chi connectivity index (χ0) is 17.2. The predicted molar refractivity (Wildman–Crippen MR) is 121 cm³/mol. The van der Waals surface area contributed by atoms with Crippen molar-refractivity contribution in [2.45, 2.75) is 36.8 Å². The smallest absolute Gasteiger partial charge is 0.191 e. The largest absolute Gasteiger partial charge is 0.357 e. The number of benzene rings is 1. The van der Waals surface area contributed by atoms with Gasteiger partial charge in [-0.15, -0.1) is 35.7 Å². The summed E-state index contributed by atoms with van der Waals surface area (Å²) in [6.45, 7) is 9.51. The van der Waals surface area contributed by atoms with Gasteiger partial charge in [0.25, 0.3) is 0 Å². The molecule has 1 heterocycles. The molecule has 2 rings (SSSR count). The number of rotatable bonds is 7. The second-order valence-corrected chi connectivity index (χ2v) is 8.12. The molecule has 6 heteroatoms. The summed E-state index contributed by atoms with van der Waals surface area (Å²) in [6.07, 6.45) is 2.62. The van der Waals surface area contributed by atoms with Crippen molar-refractivity contribution in [1.82, 2.24) is 15.5 Å². The Morgan fingerprint density at radius 3 is 2.76 bits per heavy atom. The van der Waals surface area contributed by atoms with E-state index in [2.05, 4.69) is 66.8 Å². The number of guanidine groups is 1. The zero-order valence-corrected chi connectivity index (χ0v) is 18.8. The molecule has 1 aliphatic heterocycles. The number of likely N-dealkylation sites (tertiary alicyclic amines) is 1. The van der Waals surface area contributed by atoms with E-state index in [0.29, 0.717) is 5.25 Å². The van der Waals surface area contributed by atoms with Crippen LogP contribution in [0.5, 0.6) is 0 Å². The van der Waals surface area contributed by atoms with Gasteiger partial charge >= 0.3 is 0 Å². The van der Waals surface area contributed by atoms with Gasteiger partial charge in [0.05, 0.1) is 6.54 Å². The van der Waals surface area contributed by atoms with Gasteiger partial charge in [-0.1, -0.05) is 25.1 Å². The molecule has 0 saturated carbocycles. The van der Waals surface area contributed by atoms with Crippen LogP contribution in [0.2, 0.25) is 0 Å². The summed E-state index contributed by atoms with van der Waals surface area (Å²) in [5.41, 5.74) is 0. The third kappa shape index (κ3) is 9.15. The van der Waals surface area contributed by atoms with Crippen molar-refractivity contribution in [1.29, 1.82) is 0 Å². The van der Waals surface area contributed by atoms with Crippen molar-refractivity contribution in [3.05, 3.63) is 30.3 Å². The summed E-state index contributed by atoms with van der Waals surface area (Å²) in [5, 5.41) is 7.36. The van der Waals surface area contributed by atoms with E-state index < -0.39 is 0 Å². The quantitative estimate of drug-likeness (QED) is 0.273. The van der Waals surface area contributed by atoms with Crippen LogP contribution >= 0.6 is 35.7 Å². The van der Waals surface area contributed by atoms with E-state index in [1.54, 1.807) is 0 Å². The molecule has 0 amide bonds. The van der Waals surface area contributed by atoms with E-state index in [4.69, 9.17) is 4.99 Å². The minimum atomic E-state index is 0.